The molecule has 0 atom stereocenters. The highest BCUT2D eigenvalue weighted by molar-refractivity contribution is 7.92. The molecule has 0 aliphatic heterocycles. The van der Waals surface area contributed by atoms with Crippen molar-refractivity contribution in [3.8, 4) is 0 Å². The van der Waals surface area contributed by atoms with E-state index < -0.39 is 33.6 Å². The first-order valence-electron chi connectivity index (χ1n) is 9.35. The average molecular weight is 481 g/mol. The van der Waals surface area contributed by atoms with Crippen LogP contribution in [0.3, 0.4) is 0 Å². The van der Waals surface area contributed by atoms with Crippen molar-refractivity contribution in [1.29, 1.82) is 0 Å². The van der Waals surface area contributed by atoms with Crippen LogP contribution in [0.15, 0.2) is 63.9 Å². The minimum absolute atomic E-state index is 0.0356. The Morgan fingerprint density at radius 3 is 2.12 bits per heavy atom. The number of halogens is 3. The fourth-order valence-corrected chi connectivity index (χ4v) is 3.92. The van der Waals surface area contributed by atoms with Gasteiger partial charge in [0, 0.05) is 11.3 Å². The molecule has 33 heavy (non-hydrogen) atoms. The molecule has 0 saturated heterocycles. The van der Waals surface area contributed by atoms with Gasteiger partial charge in [-0.1, -0.05) is 6.07 Å². The summed E-state index contributed by atoms with van der Waals surface area (Å²) in [5, 5.41) is 0. The summed E-state index contributed by atoms with van der Waals surface area (Å²) in [6, 6.07) is 9.85. The second-order valence-electron chi connectivity index (χ2n) is 6.94. The molecule has 0 bridgehead atoms. The lowest BCUT2D eigenvalue weighted by molar-refractivity contribution is -0.137. The van der Waals surface area contributed by atoms with E-state index in [4.69, 9.17) is 4.42 Å². The fourth-order valence-electron chi connectivity index (χ4n) is 2.87. The standard InChI is InChI=1S/C21H18F3N3O5S/c1-12-10-18(13(2)32-12)20(29)26-25-19(28)14-6-8-17(9-7-14)33(30,31)27-16-5-3-4-15(11-16)21(22,23)24/h3-11,27H,1-2H3,(H,25,28)(H,26,29). The maximum atomic E-state index is 12.8. The van der Waals surface area contributed by atoms with Crippen LogP contribution in [0.25, 0.3) is 0 Å². The summed E-state index contributed by atoms with van der Waals surface area (Å²) in [5.41, 5.74) is 3.44. The van der Waals surface area contributed by atoms with Gasteiger partial charge in [-0.15, -0.1) is 0 Å². The third-order valence-electron chi connectivity index (χ3n) is 4.44. The van der Waals surface area contributed by atoms with Crippen LogP contribution in [0.1, 0.15) is 37.8 Å². The lowest BCUT2D eigenvalue weighted by Crippen LogP contribution is -2.41. The summed E-state index contributed by atoms with van der Waals surface area (Å²) >= 11 is 0. The monoisotopic (exact) mass is 481 g/mol. The van der Waals surface area contributed by atoms with Crippen LogP contribution >= 0.6 is 0 Å². The van der Waals surface area contributed by atoms with Crippen molar-refractivity contribution in [2.75, 3.05) is 4.72 Å². The number of anilines is 1. The number of benzene rings is 2. The van der Waals surface area contributed by atoms with Gasteiger partial charge in [-0.25, -0.2) is 8.42 Å². The summed E-state index contributed by atoms with van der Waals surface area (Å²) < 4.78 is 70.8. The van der Waals surface area contributed by atoms with Crippen molar-refractivity contribution < 1.29 is 35.6 Å². The summed E-state index contributed by atoms with van der Waals surface area (Å²) in [4.78, 5) is 24.1. The van der Waals surface area contributed by atoms with Gasteiger partial charge in [-0.05, 0) is 62.4 Å². The Balaban J connectivity index is 1.67. The molecule has 2 amide bonds. The van der Waals surface area contributed by atoms with Gasteiger partial charge < -0.3 is 4.42 Å². The third-order valence-corrected chi connectivity index (χ3v) is 5.84. The number of hydrazine groups is 1. The molecule has 12 heteroatoms. The number of carbonyl (C=O) groups is 2. The molecule has 0 spiro atoms. The van der Waals surface area contributed by atoms with Crippen LogP contribution in [-0.2, 0) is 16.2 Å². The summed E-state index contributed by atoms with van der Waals surface area (Å²) in [5.74, 6) is -0.403. The van der Waals surface area contributed by atoms with Crippen LogP contribution in [0.4, 0.5) is 18.9 Å². The van der Waals surface area contributed by atoms with Crippen molar-refractivity contribution in [2.45, 2.75) is 24.9 Å². The molecule has 0 fully saturated rings. The Labute approximate surface area is 186 Å². The molecule has 174 valence electrons. The molecule has 2 aromatic carbocycles. The van der Waals surface area contributed by atoms with Gasteiger partial charge in [0.25, 0.3) is 21.8 Å². The normalized spacial score (nSPS) is 11.7. The number of furan rings is 1. The zero-order valence-electron chi connectivity index (χ0n) is 17.3. The Bertz CT molecular complexity index is 1300. The maximum Gasteiger partial charge on any atom is 0.416 e. The lowest BCUT2D eigenvalue weighted by Gasteiger charge is -2.12. The van der Waals surface area contributed by atoms with Gasteiger partial charge in [0.05, 0.1) is 16.0 Å². The van der Waals surface area contributed by atoms with Crippen LogP contribution in [0, 0.1) is 13.8 Å². The van der Waals surface area contributed by atoms with Crippen molar-refractivity contribution in [2.24, 2.45) is 0 Å². The van der Waals surface area contributed by atoms with E-state index in [1.165, 1.54) is 24.3 Å². The van der Waals surface area contributed by atoms with Crippen molar-refractivity contribution in [3.63, 3.8) is 0 Å². The number of rotatable bonds is 5. The lowest BCUT2D eigenvalue weighted by atomic mass is 10.2. The molecule has 1 aromatic heterocycles. The Morgan fingerprint density at radius 2 is 1.55 bits per heavy atom. The Hall–Kier alpha value is -3.80. The predicted octanol–water partition coefficient (Wildman–Crippen LogP) is 3.79. The van der Waals surface area contributed by atoms with E-state index in [9.17, 15) is 31.2 Å². The molecule has 3 N–H and O–H groups in total. The van der Waals surface area contributed by atoms with Crippen LogP contribution in [0.2, 0.25) is 0 Å². The van der Waals surface area contributed by atoms with Gasteiger partial charge in [0.1, 0.15) is 11.5 Å². The van der Waals surface area contributed by atoms with E-state index in [0.717, 1.165) is 24.3 Å². The van der Waals surface area contributed by atoms with E-state index in [1.54, 1.807) is 13.8 Å². The topological polar surface area (TPSA) is 118 Å². The molecule has 0 aliphatic rings. The number of carbonyl (C=O) groups excluding carboxylic acids is 2. The quantitative estimate of drug-likeness (QED) is 0.480. The van der Waals surface area contributed by atoms with E-state index in [2.05, 4.69) is 15.6 Å². The van der Waals surface area contributed by atoms with Gasteiger partial charge in [-0.3, -0.25) is 25.2 Å². The highest BCUT2D eigenvalue weighted by Gasteiger charge is 2.30. The number of sulfonamides is 1. The smallest absolute Gasteiger partial charge is 0.416 e. The van der Waals surface area contributed by atoms with E-state index >= 15 is 0 Å². The zero-order chi connectivity index (χ0) is 24.4. The molecule has 3 aromatic rings. The molecular weight excluding hydrogens is 463 g/mol. The van der Waals surface area contributed by atoms with Gasteiger partial charge in [0.15, 0.2) is 0 Å². The number of hydrogen-bond acceptors (Lipinski definition) is 5. The van der Waals surface area contributed by atoms with Crippen LogP contribution in [-0.4, -0.2) is 20.2 Å². The largest absolute Gasteiger partial charge is 0.466 e. The first-order chi connectivity index (χ1) is 15.4. The van der Waals surface area contributed by atoms with Crippen molar-refractivity contribution >= 4 is 27.5 Å². The molecule has 0 aliphatic carbocycles. The Morgan fingerprint density at radius 1 is 0.909 bits per heavy atom. The number of aryl methyl sites for hydroxylation is 2. The molecule has 3 rings (SSSR count). The molecule has 0 saturated carbocycles. The highest BCUT2D eigenvalue weighted by Crippen LogP contribution is 2.31. The maximum absolute atomic E-state index is 12.8. The van der Waals surface area contributed by atoms with Crippen molar-refractivity contribution in [1.82, 2.24) is 10.9 Å². The van der Waals surface area contributed by atoms with Crippen LogP contribution < -0.4 is 15.6 Å². The minimum Gasteiger partial charge on any atom is -0.466 e. The summed E-state index contributed by atoms with van der Waals surface area (Å²) in [6.45, 7) is 3.26. The van der Waals surface area contributed by atoms with Gasteiger partial charge in [-0.2, -0.15) is 13.2 Å². The molecule has 1 heterocycles. The van der Waals surface area contributed by atoms with Gasteiger partial charge in [0.2, 0.25) is 0 Å². The number of hydrogen-bond donors (Lipinski definition) is 3. The van der Waals surface area contributed by atoms with Crippen LogP contribution in [0.5, 0.6) is 0 Å². The predicted molar refractivity (Wildman–Crippen MR) is 112 cm³/mol. The first-order valence-corrected chi connectivity index (χ1v) is 10.8. The second kappa shape index (κ2) is 8.98. The Kier molecular flexibility index (Phi) is 6.49. The third kappa shape index (κ3) is 5.71. The van der Waals surface area contributed by atoms with Crippen molar-refractivity contribution in [3.05, 3.63) is 82.8 Å². The summed E-state index contributed by atoms with van der Waals surface area (Å²) in [7, 11) is -4.21. The second-order valence-corrected chi connectivity index (χ2v) is 8.63. The number of amides is 2. The van der Waals surface area contributed by atoms with E-state index in [1.807, 2.05) is 0 Å². The van der Waals surface area contributed by atoms with E-state index in [0.29, 0.717) is 17.6 Å². The molecular formula is C21H18F3N3O5S. The minimum atomic E-state index is -4.62. The number of alkyl halides is 3. The fraction of sp³-hybridized carbons (Fsp3) is 0.143. The highest BCUT2D eigenvalue weighted by atomic mass is 32.2. The zero-order valence-corrected chi connectivity index (χ0v) is 18.1. The molecule has 0 unspecified atom stereocenters. The number of nitrogens with one attached hydrogen (secondary N) is 3. The molecule has 0 radical (unpaired) electrons. The molecule has 8 nitrogen and oxygen atoms in total. The average Bonchev–Trinajstić information content (AvgIpc) is 3.09. The van der Waals surface area contributed by atoms with E-state index in [-0.39, 0.29) is 21.7 Å². The van der Waals surface area contributed by atoms with Gasteiger partial charge >= 0.3 is 6.18 Å². The first kappa shape index (κ1) is 23.9. The SMILES string of the molecule is Cc1cc(C(=O)NNC(=O)c2ccc(S(=O)(=O)Nc3cccc(C(F)(F)F)c3)cc2)c(C)o1. The summed E-state index contributed by atoms with van der Waals surface area (Å²) in [6.07, 6.45) is -4.62.